The minimum atomic E-state index is -0.776. The van der Waals surface area contributed by atoms with Gasteiger partial charge in [-0.3, -0.25) is 0 Å². The minimum Gasteiger partial charge on any atom is -0.387 e. The van der Waals surface area contributed by atoms with E-state index in [0.29, 0.717) is 23.8 Å². The third kappa shape index (κ3) is 5.26. The van der Waals surface area contributed by atoms with Crippen LogP contribution in [0.25, 0.3) is 0 Å². The maximum atomic E-state index is 12.8. The van der Waals surface area contributed by atoms with Gasteiger partial charge in [-0.05, 0) is 30.9 Å². The average Bonchev–Trinajstić information content (AvgIpc) is 2.87. The van der Waals surface area contributed by atoms with Gasteiger partial charge in [0.15, 0.2) is 0 Å². The number of halogens is 1. The lowest BCUT2D eigenvalue weighted by molar-refractivity contribution is 0.0997. The van der Waals surface area contributed by atoms with Crippen molar-refractivity contribution in [2.24, 2.45) is 0 Å². The molecule has 21 heavy (non-hydrogen) atoms. The first-order valence-electron chi connectivity index (χ1n) is 6.50. The highest BCUT2D eigenvalue weighted by molar-refractivity contribution is 7.98. The molecule has 0 aliphatic rings. The van der Waals surface area contributed by atoms with Crippen molar-refractivity contribution in [3.63, 3.8) is 0 Å². The minimum absolute atomic E-state index is 0.241. The zero-order chi connectivity index (χ0) is 15.3. The summed E-state index contributed by atoms with van der Waals surface area (Å²) in [4.78, 5) is 0. The van der Waals surface area contributed by atoms with Crippen LogP contribution in [0.3, 0.4) is 0 Å². The lowest BCUT2D eigenvalue weighted by atomic mass is 10.1. The molecule has 2 N–H and O–H groups in total. The number of anilines is 1. The fourth-order valence-corrected chi connectivity index (χ4v) is 3.29. The molecule has 0 fully saturated rings. The van der Waals surface area contributed by atoms with E-state index in [1.807, 2.05) is 6.26 Å². The molecule has 4 nitrogen and oxygen atoms in total. The fourth-order valence-electron chi connectivity index (χ4n) is 1.80. The van der Waals surface area contributed by atoms with Crippen molar-refractivity contribution in [3.05, 3.63) is 40.7 Å². The molecule has 1 heterocycles. The highest BCUT2D eigenvalue weighted by Crippen LogP contribution is 2.20. The van der Waals surface area contributed by atoms with Gasteiger partial charge in [0.05, 0.1) is 5.60 Å². The number of nitrogens with one attached hydrogen (secondary N) is 1. The van der Waals surface area contributed by atoms with Gasteiger partial charge in [-0.1, -0.05) is 23.5 Å². The van der Waals surface area contributed by atoms with E-state index < -0.39 is 5.60 Å². The largest absolute Gasteiger partial charge is 0.387 e. The van der Waals surface area contributed by atoms with Crippen LogP contribution < -0.4 is 5.32 Å². The quantitative estimate of drug-likeness (QED) is 0.819. The Labute approximate surface area is 131 Å². The molecule has 1 aromatic heterocycles. The molecule has 0 aliphatic heterocycles. The summed E-state index contributed by atoms with van der Waals surface area (Å²) in [7, 11) is 0. The summed E-state index contributed by atoms with van der Waals surface area (Å²) in [5, 5.41) is 22.9. The second-order valence-electron chi connectivity index (χ2n) is 5.09. The van der Waals surface area contributed by atoms with Gasteiger partial charge < -0.3 is 10.4 Å². The topological polar surface area (TPSA) is 58.0 Å². The van der Waals surface area contributed by atoms with Crippen LogP contribution in [-0.2, 0) is 6.42 Å². The third-order valence-corrected chi connectivity index (χ3v) is 4.60. The number of hydrogen-bond donors (Lipinski definition) is 2. The maximum Gasteiger partial charge on any atom is 0.205 e. The molecule has 0 spiro atoms. The van der Waals surface area contributed by atoms with Crippen molar-refractivity contribution in [1.82, 2.24) is 10.2 Å². The predicted octanol–water partition coefficient (Wildman–Crippen LogP) is 2.79. The molecule has 0 amide bonds. The number of hydrogen-bond acceptors (Lipinski definition) is 6. The summed E-state index contributed by atoms with van der Waals surface area (Å²) in [6.45, 7) is 2.22. The van der Waals surface area contributed by atoms with Gasteiger partial charge in [0.25, 0.3) is 0 Å². The number of nitrogens with zero attached hydrogens (tertiary/aromatic N) is 2. The Balaban J connectivity index is 1.91. The lowest BCUT2D eigenvalue weighted by Gasteiger charge is -2.21. The first kappa shape index (κ1) is 16.2. The van der Waals surface area contributed by atoms with Gasteiger partial charge in [-0.15, -0.1) is 10.2 Å². The second-order valence-corrected chi connectivity index (χ2v) is 7.02. The fraction of sp³-hybridized carbons (Fsp3) is 0.429. The van der Waals surface area contributed by atoms with Crippen molar-refractivity contribution in [2.75, 3.05) is 23.9 Å². The molecule has 0 saturated carbocycles. The molecular formula is C14H18FN3OS2. The molecule has 2 rings (SSSR count). The maximum absolute atomic E-state index is 12.8. The van der Waals surface area contributed by atoms with Crippen LogP contribution in [0.1, 0.15) is 17.5 Å². The molecular weight excluding hydrogens is 309 g/mol. The van der Waals surface area contributed by atoms with Crippen LogP contribution in [0, 0.1) is 5.82 Å². The molecule has 0 saturated heterocycles. The number of thioether (sulfide) groups is 1. The van der Waals surface area contributed by atoms with Crippen LogP contribution in [0.2, 0.25) is 0 Å². The van der Waals surface area contributed by atoms with E-state index in [0.717, 1.165) is 10.6 Å². The molecule has 1 atom stereocenters. The molecule has 0 radical (unpaired) electrons. The van der Waals surface area contributed by atoms with Crippen molar-refractivity contribution in [1.29, 1.82) is 0 Å². The van der Waals surface area contributed by atoms with E-state index in [1.54, 1.807) is 30.8 Å². The number of rotatable bonds is 7. The van der Waals surface area contributed by atoms with Gasteiger partial charge in [0.2, 0.25) is 5.13 Å². The first-order valence-corrected chi connectivity index (χ1v) is 8.71. The number of benzene rings is 1. The van der Waals surface area contributed by atoms with Crippen LogP contribution in [0.5, 0.6) is 0 Å². The van der Waals surface area contributed by atoms with E-state index in [2.05, 4.69) is 15.5 Å². The van der Waals surface area contributed by atoms with Crippen LogP contribution in [0.4, 0.5) is 9.52 Å². The summed E-state index contributed by atoms with van der Waals surface area (Å²) in [5.41, 5.74) is 0.218. The van der Waals surface area contributed by atoms with Gasteiger partial charge in [0.1, 0.15) is 10.8 Å². The Kier molecular flexibility index (Phi) is 5.55. The molecule has 0 aliphatic carbocycles. The average molecular weight is 327 g/mol. The van der Waals surface area contributed by atoms with Crippen molar-refractivity contribution < 1.29 is 9.50 Å². The first-order chi connectivity index (χ1) is 9.98. The summed E-state index contributed by atoms with van der Waals surface area (Å²) in [5.74, 6) is 0.413. The normalized spacial score (nSPS) is 13.9. The molecule has 7 heteroatoms. The van der Waals surface area contributed by atoms with Crippen LogP contribution in [0.15, 0.2) is 24.3 Å². The SMILES string of the molecule is CSCC(C)(O)CNc1nnc(Cc2ccc(F)cc2)s1. The number of aliphatic hydroxyl groups is 1. The van der Waals surface area contributed by atoms with E-state index in [-0.39, 0.29) is 5.82 Å². The van der Waals surface area contributed by atoms with E-state index in [9.17, 15) is 9.50 Å². The Morgan fingerprint density at radius 3 is 2.71 bits per heavy atom. The van der Waals surface area contributed by atoms with Gasteiger partial charge in [0, 0.05) is 18.7 Å². The van der Waals surface area contributed by atoms with Crippen LogP contribution in [-0.4, -0.2) is 39.5 Å². The smallest absolute Gasteiger partial charge is 0.205 e. The van der Waals surface area contributed by atoms with Gasteiger partial charge >= 0.3 is 0 Å². The molecule has 1 aromatic carbocycles. The predicted molar refractivity (Wildman–Crippen MR) is 86.6 cm³/mol. The molecule has 0 bridgehead atoms. The van der Waals surface area contributed by atoms with Gasteiger partial charge in [-0.2, -0.15) is 11.8 Å². The molecule has 114 valence electrons. The summed E-state index contributed by atoms with van der Waals surface area (Å²) in [6.07, 6.45) is 2.58. The number of aromatic nitrogens is 2. The zero-order valence-electron chi connectivity index (χ0n) is 12.0. The zero-order valence-corrected chi connectivity index (χ0v) is 13.6. The molecule has 2 aromatic rings. The monoisotopic (exact) mass is 327 g/mol. The summed E-state index contributed by atoms with van der Waals surface area (Å²) >= 11 is 3.04. The highest BCUT2D eigenvalue weighted by Gasteiger charge is 2.19. The Morgan fingerprint density at radius 2 is 2.05 bits per heavy atom. The van der Waals surface area contributed by atoms with E-state index >= 15 is 0 Å². The van der Waals surface area contributed by atoms with Crippen molar-refractivity contribution in [2.45, 2.75) is 18.9 Å². The Morgan fingerprint density at radius 1 is 1.33 bits per heavy atom. The summed E-state index contributed by atoms with van der Waals surface area (Å²) < 4.78 is 12.8. The van der Waals surface area contributed by atoms with E-state index in [1.165, 1.54) is 23.5 Å². The van der Waals surface area contributed by atoms with Gasteiger partial charge in [-0.25, -0.2) is 4.39 Å². The van der Waals surface area contributed by atoms with Crippen molar-refractivity contribution >= 4 is 28.2 Å². The van der Waals surface area contributed by atoms with Crippen molar-refractivity contribution in [3.8, 4) is 0 Å². The third-order valence-electron chi connectivity index (χ3n) is 2.81. The standard InChI is InChI=1S/C14H18FN3OS2/c1-14(19,9-20-2)8-16-13-18-17-12(21-13)7-10-3-5-11(15)6-4-10/h3-6,19H,7-9H2,1-2H3,(H,16,18). The summed E-state index contributed by atoms with van der Waals surface area (Å²) in [6, 6.07) is 6.37. The second kappa shape index (κ2) is 7.20. The Bertz CT molecular complexity index is 572. The van der Waals surface area contributed by atoms with E-state index in [4.69, 9.17) is 0 Å². The Hall–Kier alpha value is -1.18. The highest BCUT2D eigenvalue weighted by atomic mass is 32.2. The molecule has 1 unspecified atom stereocenters. The lowest BCUT2D eigenvalue weighted by Crippen LogP contribution is -2.36. The van der Waals surface area contributed by atoms with Crippen LogP contribution >= 0.6 is 23.1 Å².